The summed E-state index contributed by atoms with van der Waals surface area (Å²) in [6.07, 6.45) is 20.1. The number of esters is 2. The molecule has 0 fully saturated rings. The Hall–Kier alpha value is -2.62. The average molecular weight is 525 g/mol. The standard InChI is InChI=1S/2C17H26O2/c2*1-2-3-4-5-6-7-8-12-15-19-17(18)16-13-10-9-11-14-16/h2*9-11,13-14H,2-8,12,15H2,1H3. The van der Waals surface area contributed by atoms with Gasteiger partial charge in [-0.05, 0) is 37.1 Å². The van der Waals surface area contributed by atoms with Gasteiger partial charge < -0.3 is 9.47 Å². The van der Waals surface area contributed by atoms with E-state index >= 15 is 0 Å². The van der Waals surface area contributed by atoms with E-state index in [0.717, 1.165) is 25.7 Å². The first kappa shape index (κ1) is 33.4. The molecule has 38 heavy (non-hydrogen) atoms. The van der Waals surface area contributed by atoms with E-state index in [1.165, 1.54) is 77.0 Å². The van der Waals surface area contributed by atoms with Crippen LogP contribution in [0.1, 0.15) is 137 Å². The summed E-state index contributed by atoms with van der Waals surface area (Å²) in [4.78, 5) is 23.3. The molecule has 0 aliphatic rings. The second kappa shape index (κ2) is 24.7. The molecule has 4 nitrogen and oxygen atoms in total. The fourth-order valence-corrected chi connectivity index (χ4v) is 4.12. The third kappa shape index (κ3) is 18.6. The van der Waals surface area contributed by atoms with Crippen molar-refractivity contribution in [2.45, 2.75) is 117 Å². The third-order valence-corrected chi connectivity index (χ3v) is 6.48. The molecular formula is C34H52O4. The molecule has 0 aliphatic heterocycles. The van der Waals surface area contributed by atoms with Crippen LogP contribution in [-0.2, 0) is 9.47 Å². The number of rotatable bonds is 20. The highest BCUT2D eigenvalue weighted by molar-refractivity contribution is 5.89. The van der Waals surface area contributed by atoms with Gasteiger partial charge in [-0.3, -0.25) is 0 Å². The monoisotopic (exact) mass is 524 g/mol. The summed E-state index contributed by atoms with van der Waals surface area (Å²) >= 11 is 0. The van der Waals surface area contributed by atoms with E-state index in [1.54, 1.807) is 24.3 Å². The molecule has 0 radical (unpaired) electrons. The Morgan fingerprint density at radius 2 is 0.737 bits per heavy atom. The molecule has 0 aromatic heterocycles. The van der Waals surface area contributed by atoms with Crippen molar-refractivity contribution in [3.05, 3.63) is 71.8 Å². The van der Waals surface area contributed by atoms with Gasteiger partial charge in [0.1, 0.15) is 0 Å². The van der Waals surface area contributed by atoms with Gasteiger partial charge in [-0.25, -0.2) is 9.59 Å². The van der Waals surface area contributed by atoms with Crippen molar-refractivity contribution in [1.82, 2.24) is 0 Å². The second-order valence-electron chi connectivity index (χ2n) is 9.95. The van der Waals surface area contributed by atoms with Crippen LogP contribution in [-0.4, -0.2) is 25.2 Å². The summed E-state index contributed by atoms with van der Waals surface area (Å²) in [5.74, 6) is -0.410. The average Bonchev–Trinajstić information content (AvgIpc) is 2.96. The Morgan fingerprint density at radius 3 is 1.05 bits per heavy atom. The van der Waals surface area contributed by atoms with Crippen LogP contribution in [0.5, 0.6) is 0 Å². The molecule has 0 heterocycles. The zero-order valence-corrected chi connectivity index (χ0v) is 24.1. The summed E-state index contributed by atoms with van der Waals surface area (Å²) in [5.41, 5.74) is 1.28. The van der Waals surface area contributed by atoms with Crippen LogP contribution in [0.15, 0.2) is 60.7 Å². The SMILES string of the molecule is CCCCCCCCCCOC(=O)c1ccccc1.CCCCCCCCCCOC(=O)c1ccccc1. The number of unbranched alkanes of at least 4 members (excludes halogenated alkanes) is 14. The maximum atomic E-state index is 11.6. The Morgan fingerprint density at radius 1 is 0.447 bits per heavy atom. The highest BCUT2D eigenvalue weighted by Crippen LogP contribution is 2.10. The minimum Gasteiger partial charge on any atom is -0.462 e. The van der Waals surface area contributed by atoms with Crippen LogP contribution in [0.25, 0.3) is 0 Å². The molecule has 212 valence electrons. The van der Waals surface area contributed by atoms with Crippen molar-refractivity contribution < 1.29 is 19.1 Å². The van der Waals surface area contributed by atoms with Crippen molar-refractivity contribution in [2.75, 3.05) is 13.2 Å². The maximum absolute atomic E-state index is 11.6. The fraction of sp³-hybridized carbons (Fsp3) is 0.588. The Kier molecular flexibility index (Phi) is 21.7. The van der Waals surface area contributed by atoms with Gasteiger partial charge >= 0.3 is 11.9 Å². The summed E-state index contributed by atoms with van der Waals surface area (Å²) in [7, 11) is 0. The van der Waals surface area contributed by atoms with Gasteiger partial charge in [-0.2, -0.15) is 0 Å². The lowest BCUT2D eigenvalue weighted by Gasteiger charge is -2.04. The maximum Gasteiger partial charge on any atom is 0.338 e. The van der Waals surface area contributed by atoms with Gasteiger partial charge in [0.25, 0.3) is 0 Å². The molecule has 2 aromatic carbocycles. The molecule has 0 bridgehead atoms. The number of carbonyl (C=O) groups excluding carboxylic acids is 2. The molecule has 0 spiro atoms. The first-order valence-corrected chi connectivity index (χ1v) is 15.1. The third-order valence-electron chi connectivity index (χ3n) is 6.48. The van der Waals surface area contributed by atoms with Gasteiger partial charge in [-0.1, -0.05) is 140 Å². The van der Waals surface area contributed by atoms with Crippen LogP contribution in [0.4, 0.5) is 0 Å². The number of carbonyl (C=O) groups is 2. The van der Waals surface area contributed by atoms with Gasteiger partial charge in [-0.15, -0.1) is 0 Å². The normalized spacial score (nSPS) is 10.4. The summed E-state index contributed by atoms with van der Waals surface area (Å²) in [6, 6.07) is 18.4. The molecule has 0 atom stereocenters. The van der Waals surface area contributed by atoms with E-state index in [9.17, 15) is 9.59 Å². The predicted molar refractivity (Wildman–Crippen MR) is 159 cm³/mol. The van der Waals surface area contributed by atoms with Crippen LogP contribution < -0.4 is 0 Å². The van der Waals surface area contributed by atoms with E-state index in [4.69, 9.17) is 9.47 Å². The summed E-state index contributed by atoms with van der Waals surface area (Å²) in [5, 5.41) is 0. The molecule has 0 unspecified atom stereocenters. The number of hydrogen-bond donors (Lipinski definition) is 0. The van der Waals surface area contributed by atoms with Crippen molar-refractivity contribution >= 4 is 11.9 Å². The minimum atomic E-state index is -0.205. The Balaban J connectivity index is 0.000000380. The molecule has 0 aliphatic carbocycles. The Labute approximate surface area is 232 Å². The first-order valence-electron chi connectivity index (χ1n) is 15.1. The number of hydrogen-bond acceptors (Lipinski definition) is 4. The topological polar surface area (TPSA) is 52.6 Å². The molecule has 0 N–H and O–H groups in total. The van der Waals surface area contributed by atoms with E-state index < -0.39 is 0 Å². The van der Waals surface area contributed by atoms with Gasteiger partial charge in [0, 0.05) is 0 Å². The minimum absolute atomic E-state index is 0.205. The van der Waals surface area contributed by atoms with Crippen LogP contribution >= 0.6 is 0 Å². The molecule has 0 saturated carbocycles. The smallest absolute Gasteiger partial charge is 0.338 e. The largest absolute Gasteiger partial charge is 0.462 e. The second-order valence-corrected chi connectivity index (χ2v) is 9.95. The molecule has 0 saturated heterocycles. The highest BCUT2D eigenvalue weighted by atomic mass is 16.5. The zero-order chi connectivity index (χ0) is 27.5. The molecule has 2 aromatic rings. The summed E-state index contributed by atoms with van der Waals surface area (Å²) < 4.78 is 10.5. The zero-order valence-electron chi connectivity index (χ0n) is 24.1. The molecule has 2 rings (SSSR count). The van der Waals surface area contributed by atoms with Crippen molar-refractivity contribution in [3.63, 3.8) is 0 Å². The molecular weight excluding hydrogens is 472 g/mol. The number of ether oxygens (including phenoxy) is 2. The van der Waals surface area contributed by atoms with Crippen molar-refractivity contribution in [1.29, 1.82) is 0 Å². The van der Waals surface area contributed by atoms with Gasteiger partial charge in [0.05, 0.1) is 24.3 Å². The first-order chi connectivity index (χ1) is 18.7. The van der Waals surface area contributed by atoms with E-state index in [0.29, 0.717) is 24.3 Å². The van der Waals surface area contributed by atoms with E-state index in [-0.39, 0.29) is 11.9 Å². The lowest BCUT2D eigenvalue weighted by molar-refractivity contribution is 0.0488. The van der Waals surface area contributed by atoms with Crippen LogP contribution in [0.2, 0.25) is 0 Å². The predicted octanol–water partition coefficient (Wildman–Crippen LogP) is 9.97. The quantitative estimate of drug-likeness (QED) is 0.128. The molecule has 0 amide bonds. The van der Waals surface area contributed by atoms with Crippen LogP contribution in [0, 0.1) is 0 Å². The fourth-order valence-electron chi connectivity index (χ4n) is 4.12. The number of benzene rings is 2. The van der Waals surface area contributed by atoms with E-state index in [1.807, 2.05) is 36.4 Å². The van der Waals surface area contributed by atoms with E-state index in [2.05, 4.69) is 13.8 Å². The Bertz CT molecular complexity index is 734. The lowest BCUT2D eigenvalue weighted by Crippen LogP contribution is -2.06. The highest BCUT2D eigenvalue weighted by Gasteiger charge is 2.05. The van der Waals surface area contributed by atoms with Crippen molar-refractivity contribution in [2.24, 2.45) is 0 Å². The van der Waals surface area contributed by atoms with Crippen LogP contribution in [0.3, 0.4) is 0 Å². The van der Waals surface area contributed by atoms with Gasteiger partial charge in [0.15, 0.2) is 0 Å². The lowest BCUT2D eigenvalue weighted by atomic mass is 10.1. The van der Waals surface area contributed by atoms with Crippen molar-refractivity contribution in [3.8, 4) is 0 Å². The summed E-state index contributed by atoms with van der Waals surface area (Å²) in [6.45, 7) is 5.56. The molecule has 4 heteroatoms. The van der Waals surface area contributed by atoms with Gasteiger partial charge in [0.2, 0.25) is 0 Å².